The van der Waals surface area contributed by atoms with E-state index in [1.807, 2.05) is 0 Å². The molecule has 3 rings (SSSR count). The van der Waals surface area contributed by atoms with Gasteiger partial charge >= 0.3 is 5.97 Å². The largest absolute Gasteiger partial charge is 0.466 e. The van der Waals surface area contributed by atoms with E-state index in [4.69, 9.17) is 9.47 Å². The average molecular weight is 463 g/mol. The van der Waals surface area contributed by atoms with Gasteiger partial charge in [0.25, 0.3) is 0 Å². The van der Waals surface area contributed by atoms with Crippen molar-refractivity contribution in [2.45, 2.75) is 44.8 Å². The van der Waals surface area contributed by atoms with Crippen LogP contribution in [-0.4, -0.2) is 43.9 Å². The summed E-state index contributed by atoms with van der Waals surface area (Å²) in [6.07, 6.45) is 5.22. The highest BCUT2D eigenvalue weighted by Crippen LogP contribution is 2.43. The summed E-state index contributed by atoms with van der Waals surface area (Å²) in [6.45, 7) is 3.49. The van der Waals surface area contributed by atoms with Gasteiger partial charge in [0.2, 0.25) is 0 Å². The van der Waals surface area contributed by atoms with Gasteiger partial charge in [-0.15, -0.1) is 0 Å². The fourth-order valence-corrected chi connectivity index (χ4v) is 3.66. The molecule has 2 heterocycles. The maximum atomic E-state index is 15.1. The van der Waals surface area contributed by atoms with Gasteiger partial charge in [-0.25, -0.2) is 32.8 Å². The molecular formula is C22H24F3N5O3. The summed E-state index contributed by atoms with van der Waals surface area (Å²) in [7, 11) is 0. The topological polar surface area (TPSA) is 92.0 Å². The molecule has 11 heteroatoms. The van der Waals surface area contributed by atoms with E-state index in [1.165, 1.54) is 29.7 Å². The first-order chi connectivity index (χ1) is 15.9. The molecule has 0 radical (unpaired) electrons. The van der Waals surface area contributed by atoms with Crippen molar-refractivity contribution in [1.29, 1.82) is 0 Å². The molecule has 0 spiro atoms. The van der Waals surface area contributed by atoms with Crippen molar-refractivity contribution in [3.63, 3.8) is 0 Å². The minimum absolute atomic E-state index is 0.00136. The third-order valence-corrected chi connectivity index (χ3v) is 5.25. The summed E-state index contributed by atoms with van der Waals surface area (Å²) >= 11 is 0. The first kappa shape index (κ1) is 24.3. The second-order valence-electron chi connectivity index (χ2n) is 7.34. The van der Waals surface area contributed by atoms with E-state index in [2.05, 4.69) is 20.1 Å². The molecule has 33 heavy (non-hydrogen) atoms. The van der Waals surface area contributed by atoms with Crippen LogP contribution in [0.25, 0.3) is 0 Å². The van der Waals surface area contributed by atoms with Gasteiger partial charge in [-0.2, -0.15) is 5.10 Å². The smallest absolute Gasteiger partial charge is 0.305 e. The lowest BCUT2D eigenvalue weighted by atomic mass is 9.79. The van der Waals surface area contributed by atoms with Crippen molar-refractivity contribution in [3.05, 3.63) is 72.1 Å². The number of nitrogens with zero attached hydrogens (tertiary/aromatic N) is 5. The van der Waals surface area contributed by atoms with E-state index in [0.717, 1.165) is 18.3 Å². The van der Waals surface area contributed by atoms with Gasteiger partial charge in [0.15, 0.2) is 5.82 Å². The van der Waals surface area contributed by atoms with Crippen LogP contribution in [0.3, 0.4) is 0 Å². The molecule has 0 N–H and O–H groups in total. The molecule has 3 aromatic rings. The third-order valence-electron chi connectivity index (χ3n) is 5.25. The second-order valence-corrected chi connectivity index (χ2v) is 7.34. The average Bonchev–Trinajstić information content (AvgIpc) is 3.29. The van der Waals surface area contributed by atoms with Crippen LogP contribution in [0.4, 0.5) is 13.2 Å². The fourth-order valence-electron chi connectivity index (χ4n) is 3.66. The standard InChI is InChI=1S/C22H24F3N5O3/c1-3-32-20(31)5-4-8-33-22(11-30-14-27-13-29-30,17-7-6-16(23)9-18(17)24)15(2)21-19(25)10-26-12-28-21/h6-7,9-10,12-15H,3-5,8,11H2,1-2H3/t15-,22-/m1/s1. The van der Waals surface area contributed by atoms with E-state index in [0.29, 0.717) is 0 Å². The van der Waals surface area contributed by atoms with E-state index >= 15 is 4.39 Å². The third kappa shape index (κ3) is 5.72. The first-order valence-corrected chi connectivity index (χ1v) is 10.4. The number of hydrogen-bond donors (Lipinski definition) is 0. The van der Waals surface area contributed by atoms with E-state index in [-0.39, 0.29) is 43.9 Å². The Morgan fingerprint density at radius 2 is 2.00 bits per heavy atom. The summed E-state index contributed by atoms with van der Waals surface area (Å²) in [5, 5.41) is 4.08. The van der Waals surface area contributed by atoms with E-state index < -0.39 is 34.9 Å². The highest BCUT2D eigenvalue weighted by molar-refractivity contribution is 5.69. The quantitative estimate of drug-likeness (QED) is 0.317. The predicted molar refractivity (Wildman–Crippen MR) is 110 cm³/mol. The molecule has 1 aromatic carbocycles. The van der Waals surface area contributed by atoms with Crippen molar-refractivity contribution in [1.82, 2.24) is 24.7 Å². The Morgan fingerprint density at radius 1 is 1.18 bits per heavy atom. The van der Waals surface area contributed by atoms with Crippen LogP contribution in [-0.2, 0) is 26.4 Å². The Balaban J connectivity index is 2.05. The molecule has 0 aliphatic rings. The van der Waals surface area contributed by atoms with Crippen molar-refractivity contribution >= 4 is 5.97 Å². The molecular weight excluding hydrogens is 439 g/mol. The van der Waals surface area contributed by atoms with E-state index in [9.17, 15) is 13.6 Å². The second kappa shape index (κ2) is 11.0. The molecule has 0 amide bonds. The van der Waals surface area contributed by atoms with Crippen LogP contribution in [0.1, 0.15) is 43.9 Å². The van der Waals surface area contributed by atoms with Crippen molar-refractivity contribution in [2.75, 3.05) is 13.2 Å². The van der Waals surface area contributed by atoms with Gasteiger partial charge in [-0.1, -0.05) is 13.0 Å². The number of carbonyl (C=O) groups is 1. The number of rotatable bonds is 11. The van der Waals surface area contributed by atoms with Crippen LogP contribution in [0.15, 0.2) is 43.4 Å². The zero-order chi connectivity index (χ0) is 23.8. The maximum Gasteiger partial charge on any atom is 0.305 e. The van der Waals surface area contributed by atoms with Crippen LogP contribution >= 0.6 is 0 Å². The van der Waals surface area contributed by atoms with Gasteiger partial charge in [-0.05, 0) is 19.4 Å². The zero-order valence-electron chi connectivity index (χ0n) is 18.2. The summed E-state index contributed by atoms with van der Waals surface area (Å²) in [4.78, 5) is 23.3. The molecule has 0 fully saturated rings. The Bertz CT molecular complexity index is 1070. The van der Waals surface area contributed by atoms with Crippen LogP contribution in [0, 0.1) is 17.5 Å². The summed E-state index contributed by atoms with van der Waals surface area (Å²) in [5.74, 6) is -3.61. The Labute approximate surface area is 188 Å². The minimum Gasteiger partial charge on any atom is -0.466 e. The maximum absolute atomic E-state index is 15.1. The van der Waals surface area contributed by atoms with Crippen molar-refractivity contribution in [3.8, 4) is 0 Å². The number of carbonyl (C=O) groups excluding carboxylic acids is 1. The number of aromatic nitrogens is 5. The lowest BCUT2D eigenvalue weighted by molar-refractivity contribution is -0.144. The monoisotopic (exact) mass is 463 g/mol. The van der Waals surface area contributed by atoms with E-state index in [1.54, 1.807) is 13.8 Å². The fraction of sp³-hybridized carbons (Fsp3) is 0.409. The lowest BCUT2D eigenvalue weighted by Gasteiger charge is -2.39. The van der Waals surface area contributed by atoms with Gasteiger partial charge in [0.1, 0.15) is 36.2 Å². The number of halogens is 3. The molecule has 0 bridgehead atoms. The van der Waals surface area contributed by atoms with Gasteiger partial charge in [0, 0.05) is 30.6 Å². The minimum atomic E-state index is -1.57. The SMILES string of the molecule is CCOC(=O)CCCO[C@@](Cn1cncn1)(c1ccc(F)cc1F)[C@H](C)c1ncncc1F. The molecule has 2 aromatic heterocycles. The number of esters is 1. The number of benzene rings is 1. The van der Waals surface area contributed by atoms with Gasteiger partial charge in [0.05, 0.1) is 25.0 Å². The predicted octanol–water partition coefficient (Wildman–Crippen LogP) is 3.54. The van der Waals surface area contributed by atoms with Crippen molar-refractivity contribution in [2.24, 2.45) is 0 Å². The Morgan fingerprint density at radius 3 is 2.67 bits per heavy atom. The molecule has 0 aliphatic heterocycles. The Kier molecular flexibility index (Phi) is 8.10. The zero-order valence-corrected chi connectivity index (χ0v) is 18.2. The molecule has 0 unspecified atom stereocenters. The molecule has 8 nitrogen and oxygen atoms in total. The Hall–Kier alpha value is -3.34. The van der Waals surface area contributed by atoms with Gasteiger partial charge < -0.3 is 9.47 Å². The first-order valence-electron chi connectivity index (χ1n) is 10.4. The van der Waals surface area contributed by atoms with Crippen LogP contribution in [0.5, 0.6) is 0 Å². The summed E-state index contributed by atoms with van der Waals surface area (Å²) < 4.78 is 56.1. The lowest BCUT2D eigenvalue weighted by Crippen LogP contribution is -2.42. The normalized spacial score (nSPS) is 14.0. The summed E-state index contributed by atoms with van der Waals surface area (Å²) in [6, 6.07) is 3.08. The van der Waals surface area contributed by atoms with Crippen molar-refractivity contribution < 1.29 is 27.4 Å². The molecule has 0 aliphatic carbocycles. The number of ether oxygens (including phenoxy) is 2. The highest BCUT2D eigenvalue weighted by Gasteiger charge is 2.44. The van der Waals surface area contributed by atoms with Gasteiger partial charge in [-0.3, -0.25) is 4.79 Å². The van der Waals surface area contributed by atoms with Crippen LogP contribution < -0.4 is 0 Å². The highest BCUT2D eigenvalue weighted by atomic mass is 19.1. The molecule has 2 atom stereocenters. The molecule has 0 saturated carbocycles. The van der Waals surface area contributed by atoms with Crippen LogP contribution in [0.2, 0.25) is 0 Å². The molecule has 176 valence electrons. The number of hydrogen-bond acceptors (Lipinski definition) is 7. The molecule has 0 saturated heterocycles. The summed E-state index contributed by atoms with van der Waals surface area (Å²) in [5.41, 5.74) is -1.60.